The third-order valence-corrected chi connectivity index (χ3v) is 6.94. The van der Waals surface area contributed by atoms with Gasteiger partial charge in [-0.1, -0.05) is 29.3 Å². The first-order valence-corrected chi connectivity index (χ1v) is 13.4. The lowest BCUT2D eigenvalue weighted by Crippen LogP contribution is -2.54. The summed E-state index contributed by atoms with van der Waals surface area (Å²) >= 11 is 12.7. The first-order valence-electron chi connectivity index (χ1n) is 10.8. The summed E-state index contributed by atoms with van der Waals surface area (Å²) in [6.07, 6.45) is 1.01. The van der Waals surface area contributed by atoms with Crippen molar-refractivity contribution in [3.05, 3.63) is 58.1 Å². The van der Waals surface area contributed by atoms with Gasteiger partial charge in [0.15, 0.2) is 0 Å². The number of hydrogen-bond acceptors (Lipinski definition) is 5. The highest BCUT2D eigenvalue weighted by Crippen LogP contribution is 2.27. The van der Waals surface area contributed by atoms with Crippen molar-refractivity contribution in [2.45, 2.75) is 45.8 Å². The molecular weight excluding hydrogens is 513 g/mol. The van der Waals surface area contributed by atoms with Gasteiger partial charge in [0, 0.05) is 27.7 Å². The van der Waals surface area contributed by atoms with Crippen LogP contribution < -0.4 is 14.4 Å². The van der Waals surface area contributed by atoms with E-state index in [0.29, 0.717) is 21.4 Å². The first kappa shape index (κ1) is 28.7. The number of carbonyl (C=O) groups is 2. The van der Waals surface area contributed by atoms with Crippen LogP contribution in [0.25, 0.3) is 0 Å². The third-order valence-electron chi connectivity index (χ3n) is 5.10. The molecule has 0 aliphatic carbocycles. The number of nitrogens with zero attached hydrogens (tertiary/aromatic N) is 2. The Kier molecular flexibility index (Phi) is 9.44. The zero-order valence-electron chi connectivity index (χ0n) is 20.6. The predicted molar refractivity (Wildman–Crippen MR) is 140 cm³/mol. The second-order valence-corrected chi connectivity index (χ2v) is 11.8. The van der Waals surface area contributed by atoms with Gasteiger partial charge in [0.1, 0.15) is 18.3 Å². The zero-order valence-corrected chi connectivity index (χ0v) is 23.0. The van der Waals surface area contributed by atoms with E-state index in [9.17, 15) is 18.0 Å². The van der Waals surface area contributed by atoms with Crippen LogP contribution in [0.15, 0.2) is 42.5 Å². The van der Waals surface area contributed by atoms with Gasteiger partial charge in [0.2, 0.25) is 21.8 Å². The maximum Gasteiger partial charge on any atom is 0.244 e. The van der Waals surface area contributed by atoms with Crippen molar-refractivity contribution in [1.29, 1.82) is 0 Å². The van der Waals surface area contributed by atoms with Gasteiger partial charge in [-0.2, -0.15) is 0 Å². The lowest BCUT2D eigenvalue weighted by molar-refractivity contribution is -0.140. The topological polar surface area (TPSA) is 96.0 Å². The number of anilines is 1. The van der Waals surface area contributed by atoms with Crippen molar-refractivity contribution in [2.24, 2.45) is 0 Å². The van der Waals surface area contributed by atoms with Crippen molar-refractivity contribution >= 4 is 50.7 Å². The third kappa shape index (κ3) is 8.02. The Balaban J connectivity index is 2.45. The lowest BCUT2D eigenvalue weighted by Gasteiger charge is -2.33. The summed E-state index contributed by atoms with van der Waals surface area (Å²) in [5, 5.41) is 3.51. The quantitative estimate of drug-likeness (QED) is 0.513. The number of hydrogen-bond donors (Lipinski definition) is 1. The summed E-state index contributed by atoms with van der Waals surface area (Å²) in [6, 6.07) is 10.3. The molecule has 0 bridgehead atoms. The Morgan fingerprint density at radius 3 is 2.06 bits per heavy atom. The molecule has 2 aromatic rings. The van der Waals surface area contributed by atoms with E-state index in [1.807, 2.05) is 20.8 Å². The molecule has 0 unspecified atom stereocenters. The average Bonchev–Trinajstić information content (AvgIpc) is 2.75. The molecule has 0 fully saturated rings. The van der Waals surface area contributed by atoms with E-state index in [1.54, 1.807) is 37.3 Å². The van der Waals surface area contributed by atoms with Gasteiger partial charge in [0.25, 0.3) is 0 Å². The molecule has 8 nitrogen and oxygen atoms in total. The van der Waals surface area contributed by atoms with Crippen LogP contribution in [-0.4, -0.2) is 56.6 Å². The molecule has 0 saturated carbocycles. The van der Waals surface area contributed by atoms with E-state index in [1.165, 1.54) is 24.1 Å². The minimum Gasteiger partial charge on any atom is -0.497 e. The molecule has 0 saturated heterocycles. The molecule has 2 amide bonds. The minimum atomic E-state index is -3.84. The van der Waals surface area contributed by atoms with Crippen molar-refractivity contribution in [2.75, 3.05) is 24.2 Å². The van der Waals surface area contributed by atoms with Gasteiger partial charge in [0.05, 0.1) is 19.1 Å². The number of amides is 2. The van der Waals surface area contributed by atoms with Gasteiger partial charge in [-0.25, -0.2) is 8.42 Å². The van der Waals surface area contributed by atoms with E-state index in [0.717, 1.165) is 10.6 Å². The Hall–Kier alpha value is -2.49. The second-order valence-electron chi connectivity index (χ2n) is 9.10. The number of benzene rings is 2. The molecule has 0 spiro atoms. The van der Waals surface area contributed by atoms with Gasteiger partial charge < -0.3 is 15.0 Å². The number of nitrogens with one attached hydrogen (secondary N) is 1. The van der Waals surface area contributed by atoms with E-state index in [-0.39, 0.29) is 12.2 Å². The van der Waals surface area contributed by atoms with E-state index in [2.05, 4.69) is 5.32 Å². The van der Waals surface area contributed by atoms with Crippen molar-refractivity contribution in [3.63, 3.8) is 0 Å². The molecule has 0 aliphatic rings. The smallest absolute Gasteiger partial charge is 0.244 e. The molecule has 2 aromatic carbocycles. The number of carbonyl (C=O) groups excluding carboxylic acids is 2. The normalized spacial score (nSPS) is 12.6. The zero-order chi connectivity index (χ0) is 26.6. The number of halogens is 2. The molecule has 192 valence electrons. The Bertz CT molecular complexity index is 1140. The lowest BCUT2D eigenvalue weighted by atomic mass is 10.1. The summed E-state index contributed by atoms with van der Waals surface area (Å²) in [5.74, 6) is -0.459. The maximum absolute atomic E-state index is 13.6. The van der Waals surface area contributed by atoms with Gasteiger partial charge in [-0.05, 0) is 64.1 Å². The van der Waals surface area contributed by atoms with Crippen LogP contribution in [0.3, 0.4) is 0 Å². The highest BCUT2D eigenvalue weighted by atomic mass is 35.5. The van der Waals surface area contributed by atoms with Crippen LogP contribution in [-0.2, 0) is 26.2 Å². The molecule has 0 aromatic heterocycles. The predicted octanol–water partition coefficient (Wildman–Crippen LogP) is 4.10. The first-order chi connectivity index (χ1) is 16.1. The summed E-state index contributed by atoms with van der Waals surface area (Å²) < 4.78 is 31.3. The fourth-order valence-corrected chi connectivity index (χ4v) is 4.64. The molecule has 11 heteroatoms. The van der Waals surface area contributed by atoms with Crippen molar-refractivity contribution < 1.29 is 22.7 Å². The van der Waals surface area contributed by atoms with Crippen LogP contribution in [0.1, 0.15) is 33.3 Å². The summed E-state index contributed by atoms with van der Waals surface area (Å²) in [6.45, 7) is 6.43. The highest BCUT2D eigenvalue weighted by Gasteiger charge is 2.32. The van der Waals surface area contributed by atoms with Crippen LogP contribution >= 0.6 is 23.2 Å². The molecule has 1 N–H and O–H groups in total. The number of ether oxygens (including phenoxy) is 1. The summed E-state index contributed by atoms with van der Waals surface area (Å²) in [5.41, 5.74) is 0.198. The Labute approximate surface area is 217 Å². The number of rotatable bonds is 9. The van der Waals surface area contributed by atoms with Crippen LogP contribution in [0.2, 0.25) is 10.0 Å². The molecule has 35 heavy (non-hydrogen) atoms. The second kappa shape index (κ2) is 11.5. The monoisotopic (exact) mass is 543 g/mol. The van der Waals surface area contributed by atoms with Crippen LogP contribution in [0.5, 0.6) is 5.75 Å². The van der Waals surface area contributed by atoms with Crippen molar-refractivity contribution in [3.8, 4) is 5.75 Å². The van der Waals surface area contributed by atoms with Gasteiger partial charge in [-0.15, -0.1) is 0 Å². The van der Waals surface area contributed by atoms with E-state index in [4.69, 9.17) is 27.9 Å². The average molecular weight is 545 g/mol. The maximum atomic E-state index is 13.6. The number of sulfonamides is 1. The molecular formula is C24H31Cl2N3O5S. The molecule has 1 atom stereocenters. The van der Waals surface area contributed by atoms with Crippen molar-refractivity contribution in [1.82, 2.24) is 10.2 Å². The highest BCUT2D eigenvalue weighted by molar-refractivity contribution is 7.92. The largest absolute Gasteiger partial charge is 0.497 e. The minimum absolute atomic E-state index is 0.0870. The van der Waals surface area contributed by atoms with Crippen LogP contribution in [0.4, 0.5) is 5.69 Å². The molecule has 2 rings (SSSR count). The fourth-order valence-electron chi connectivity index (χ4n) is 3.27. The van der Waals surface area contributed by atoms with E-state index >= 15 is 0 Å². The standard InChI is InChI=1S/C24H31Cl2N3O5S/c1-16(23(31)27-24(2,3)4)28(14-19-20(25)8-7-9-21(19)26)22(30)15-29(35(6,32)33)17-10-12-18(34-5)13-11-17/h7-13,16H,14-15H2,1-6H3,(H,27,31)/t16-/m0/s1. The molecule has 0 aliphatic heterocycles. The van der Waals surface area contributed by atoms with Crippen LogP contribution in [0, 0.1) is 0 Å². The molecule has 0 radical (unpaired) electrons. The van der Waals surface area contributed by atoms with Gasteiger partial charge >= 0.3 is 0 Å². The summed E-state index contributed by atoms with van der Waals surface area (Å²) in [4.78, 5) is 27.8. The van der Waals surface area contributed by atoms with E-state index < -0.39 is 40.0 Å². The van der Waals surface area contributed by atoms with Gasteiger partial charge in [-0.3, -0.25) is 13.9 Å². The molecule has 0 heterocycles. The fraction of sp³-hybridized carbons (Fsp3) is 0.417. The SMILES string of the molecule is COc1ccc(N(CC(=O)N(Cc2c(Cl)cccc2Cl)[C@@H](C)C(=O)NC(C)(C)C)S(C)(=O)=O)cc1. The Morgan fingerprint density at radius 1 is 1.06 bits per heavy atom. The number of methoxy groups -OCH3 is 1. The Morgan fingerprint density at radius 2 is 1.60 bits per heavy atom. The summed E-state index contributed by atoms with van der Waals surface area (Å²) in [7, 11) is -2.34.